The number of carbonyl (C=O) groups is 2. The number of anilines is 1. The molecule has 1 fully saturated rings. The molecule has 1 heterocycles. The van der Waals surface area contributed by atoms with Crippen LogP contribution in [-0.4, -0.2) is 54.3 Å². The molecule has 1 aromatic rings. The van der Waals surface area contributed by atoms with Gasteiger partial charge in [-0.15, -0.1) is 0 Å². The Labute approximate surface area is 150 Å². The van der Waals surface area contributed by atoms with Crippen LogP contribution in [0.25, 0.3) is 0 Å². The van der Waals surface area contributed by atoms with Gasteiger partial charge in [0.1, 0.15) is 0 Å². The molecule has 1 aliphatic rings. The van der Waals surface area contributed by atoms with Crippen LogP contribution in [0.3, 0.4) is 0 Å². The van der Waals surface area contributed by atoms with Gasteiger partial charge in [0.25, 0.3) is 0 Å². The highest BCUT2D eigenvalue weighted by molar-refractivity contribution is 5.94. The predicted molar refractivity (Wildman–Crippen MR) is 102 cm³/mol. The number of para-hydroxylation sites is 1. The van der Waals surface area contributed by atoms with Crippen molar-refractivity contribution in [1.29, 1.82) is 0 Å². The van der Waals surface area contributed by atoms with Gasteiger partial charge in [-0.1, -0.05) is 31.2 Å². The zero-order chi connectivity index (χ0) is 18.4. The highest BCUT2D eigenvalue weighted by Crippen LogP contribution is 2.19. The molecule has 136 valence electrons. The summed E-state index contributed by atoms with van der Waals surface area (Å²) < 4.78 is 0. The van der Waals surface area contributed by atoms with Gasteiger partial charge < -0.3 is 10.2 Å². The second kappa shape index (κ2) is 8.81. The molecule has 1 aliphatic heterocycles. The lowest BCUT2D eigenvalue weighted by Gasteiger charge is -2.34. The molecular formula is C20H29N3O2. The van der Waals surface area contributed by atoms with E-state index < -0.39 is 0 Å². The van der Waals surface area contributed by atoms with Gasteiger partial charge in [-0.05, 0) is 38.3 Å². The van der Waals surface area contributed by atoms with Gasteiger partial charge in [-0.25, -0.2) is 0 Å². The molecule has 2 rings (SSSR count). The molecule has 25 heavy (non-hydrogen) atoms. The van der Waals surface area contributed by atoms with E-state index in [0.717, 1.165) is 41.9 Å². The summed E-state index contributed by atoms with van der Waals surface area (Å²) >= 11 is 0. The number of benzene rings is 1. The summed E-state index contributed by atoms with van der Waals surface area (Å²) in [5.41, 5.74) is 3.86. The van der Waals surface area contributed by atoms with E-state index in [-0.39, 0.29) is 11.8 Å². The molecule has 0 aromatic heterocycles. The molecular weight excluding hydrogens is 314 g/mol. The Balaban J connectivity index is 1.85. The fraction of sp³-hybridized carbons (Fsp3) is 0.500. The fourth-order valence-corrected chi connectivity index (χ4v) is 3.15. The number of aryl methyl sites for hydroxylation is 2. The van der Waals surface area contributed by atoms with Crippen molar-refractivity contribution < 1.29 is 9.59 Å². The first-order valence-electron chi connectivity index (χ1n) is 8.96. The van der Waals surface area contributed by atoms with Gasteiger partial charge in [-0.2, -0.15) is 0 Å². The first kappa shape index (κ1) is 19.2. The maximum absolute atomic E-state index is 12.4. The molecule has 0 bridgehead atoms. The Hall–Kier alpha value is -2.14. The van der Waals surface area contributed by atoms with Crippen LogP contribution in [0.2, 0.25) is 0 Å². The predicted octanol–water partition coefficient (Wildman–Crippen LogP) is 2.74. The van der Waals surface area contributed by atoms with Crippen molar-refractivity contribution in [1.82, 2.24) is 9.80 Å². The summed E-state index contributed by atoms with van der Waals surface area (Å²) in [7, 11) is 0. The Kier molecular flexibility index (Phi) is 6.76. The molecule has 1 saturated heterocycles. The highest BCUT2D eigenvalue weighted by Gasteiger charge is 2.23. The summed E-state index contributed by atoms with van der Waals surface area (Å²) in [5.74, 6) is 0.112. The van der Waals surface area contributed by atoms with Gasteiger partial charge in [0.2, 0.25) is 11.8 Å². The monoisotopic (exact) mass is 343 g/mol. The summed E-state index contributed by atoms with van der Waals surface area (Å²) in [5, 5.41) is 3.02. The normalized spacial score (nSPS) is 16.0. The van der Waals surface area contributed by atoms with Crippen molar-refractivity contribution in [3.8, 4) is 0 Å². The first-order chi connectivity index (χ1) is 11.9. The number of nitrogens with zero attached hydrogens (tertiary/aromatic N) is 2. The molecule has 1 aromatic carbocycles. The molecule has 5 heteroatoms. The minimum atomic E-state index is -0.000707. The fourth-order valence-electron chi connectivity index (χ4n) is 3.15. The quantitative estimate of drug-likeness (QED) is 0.837. The Morgan fingerprint density at radius 3 is 2.28 bits per heavy atom. The van der Waals surface area contributed by atoms with E-state index in [2.05, 4.69) is 10.2 Å². The number of piperazine rings is 1. The van der Waals surface area contributed by atoms with Crippen molar-refractivity contribution in [2.75, 3.05) is 38.0 Å². The van der Waals surface area contributed by atoms with Crippen LogP contribution in [0.4, 0.5) is 5.69 Å². The Morgan fingerprint density at radius 2 is 1.72 bits per heavy atom. The average molecular weight is 343 g/mol. The summed E-state index contributed by atoms with van der Waals surface area (Å²) in [6, 6.07) is 5.99. The lowest BCUT2D eigenvalue weighted by molar-refractivity contribution is -0.129. The Morgan fingerprint density at radius 1 is 1.12 bits per heavy atom. The summed E-state index contributed by atoms with van der Waals surface area (Å²) in [6.07, 6.45) is 2.84. The summed E-state index contributed by atoms with van der Waals surface area (Å²) in [4.78, 5) is 28.6. The minimum absolute atomic E-state index is 0.000707. The van der Waals surface area contributed by atoms with Crippen LogP contribution in [0.5, 0.6) is 0 Å². The molecule has 0 atom stereocenters. The standard InChI is InChI=1S/C20H29N3O2/c1-5-7-17(4)20(25)23-12-10-22(11-13-23)14-18(24)21-19-15(2)8-6-9-16(19)3/h6-9H,5,10-14H2,1-4H3,(H,21,24)/b17-7-. The van der Waals surface area contributed by atoms with Gasteiger partial charge in [0, 0.05) is 37.4 Å². The maximum atomic E-state index is 12.4. The van der Waals surface area contributed by atoms with E-state index in [1.165, 1.54) is 0 Å². The topological polar surface area (TPSA) is 52.7 Å². The van der Waals surface area contributed by atoms with E-state index in [9.17, 15) is 9.59 Å². The van der Waals surface area contributed by atoms with E-state index in [1.807, 2.05) is 56.9 Å². The number of allylic oxidation sites excluding steroid dienone is 1. The third kappa shape index (κ3) is 5.16. The number of amides is 2. The van der Waals surface area contributed by atoms with E-state index in [4.69, 9.17) is 0 Å². The number of hydrogen-bond acceptors (Lipinski definition) is 3. The van der Waals surface area contributed by atoms with Crippen LogP contribution in [0, 0.1) is 13.8 Å². The smallest absolute Gasteiger partial charge is 0.249 e. The second-order valence-corrected chi connectivity index (χ2v) is 6.68. The van der Waals surface area contributed by atoms with E-state index in [0.29, 0.717) is 19.6 Å². The minimum Gasteiger partial charge on any atom is -0.336 e. The van der Waals surface area contributed by atoms with Gasteiger partial charge in [-0.3, -0.25) is 14.5 Å². The SMILES string of the molecule is CC/C=C(/C)C(=O)N1CCN(CC(=O)Nc2c(C)cccc2C)CC1. The van der Waals surface area contributed by atoms with Gasteiger partial charge >= 0.3 is 0 Å². The van der Waals surface area contributed by atoms with Crippen LogP contribution >= 0.6 is 0 Å². The van der Waals surface area contributed by atoms with Crippen molar-refractivity contribution in [2.45, 2.75) is 34.1 Å². The highest BCUT2D eigenvalue weighted by atomic mass is 16.2. The molecule has 0 spiro atoms. The molecule has 5 nitrogen and oxygen atoms in total. The molecule has 2 amide bonds. The Bertz CT molecular complexity index is 639. The number of hydrogen-bond donors (Lipinski definition) is 1. The van der Waals surface area contributed by atoms with Crippen molar-refractivity contribution in [3.05, 3.63) is 41.0 Å². The molecule has 0 unspecified atom stereocenters. The van der Waals surface area contributed by atoms with E-state index in [1.54, 1.807) is 0 Å². The van der Waals surface area contributed by atoms with Crippen LogP contribution in [0.15, 0.2) is 29.8 Å². The van der Waals surface area contributed by atoms with Crippen molar-refractivity contribution in [3.63, 3.8) is 0 Å². The van der Waals surface area contributed by atoms with Gasteiger partial charge in [0.05, 0.1) is 6.54 Å². The average Bonchev–Trinajstić information content (AvgIpc) is 2.58. The first-order valence-corrected chi connectivity index (χ1v) is 8.96. The third-order valence-corrected chi connectivity index (χ3v) is 4.62. The zero-order valence-electron chi connectivity index (χ0n) is 15.8. The maximum Gasteiger partial charge on any atom is 0.249 e. The number of rotatable bonds is 5. The molecule has 1 N–H and O–H groups in total. The van der Waals surface area contributed by atoms with Crippen LogP contribution < -0.4 is 5.32 Å². The second-order valence-electron chi connectivity index (χ2n) is 6.68. The van der Waals surface area contributed by atoms with Crippen molar-refractivity contribution in [2.24, 2.45) is 0 Å². The lowest BCUT2D eigenvalue weighted by Crippen LogP contribution is -2.50. The van der Waals surface area contributed by atoms with Crippen LogP contribution in [0.1, 0.15) is 31.4 Å². The lowest BCUT2D eigenvalue weighted by atomic mass is 10.1. The number of nitrogens with one attached hydrogen (secondary N) is 1. The zero-order valence-corrected chi connectivity index (χ0v) is 15.8. The number of carbonyl (C=O) groups excluding carboxylic acids is 2. The molecule has 0 saturated carbocycles. The third-order valence-electron chi connectivity index (χ3n) is 4.62. The largest absolute Gasteiger partial charge is 0.336 e. The molecule has 0 radical (unpaired) electrons. The summed E-state index contributed by atoms with van der Waals surface area (Å²) in [6.45, 7) is 11.1. The van der Waals surface area contributed by atoms with E-state index >= 15 is 0 Å². The van der Waals surface area contributed by atoms with Crippen LogP contribution in [-0.2, 0) is 9.59 Å². The van der Waals surface area contributed by atoms with Crippen molar-refractivity contribution >= 4 is 17.5 Å². The van der Waals surface area contributed by atoms with Gasteiger partial charge in [0.15, 0.2) is 0 Å². The molecule has 0 aliphatic carbocycles.